The zero-order chi connectivity index (χ0) is 16.7. The minimum Gasteiger partial charge on any atom is -0.494 e. The lowest BCUT2D eigenvalue weighted by atomic mass is 10.2. The summed E-state index contributed by atoms with van der Waals surface area (Å²) in [5, 5.41) is 14.2. The van der Waals surface area contributed by atoms with Gasteiger partial charge < -0.3 is 20.5 Å². The lowest BCUT2D eigenvalue weighted by Crippen LogP contribution is -2.28. The number of carboxylic acids is 1. The van der Waals surface area contributed by atoms with Gasteiger partial charge in [0.2, 0.25) is 0 Å². The summed E-state index contributed by atoms with van der Waals surface area (Å²) in [6, 6.07) is 13.1. The van der Waals surface area contributed by atoms with Crippen molar-refractivity contribution in [3.05, 3.63) is 59.7 Å². The maximum atomic E-state index is 11.8. The van der Waals surface area contributed by atoms with Gasteiger partial charge in [-0.1, -0.05) is 18.2 Å². The van der Waals surface area contributed by atoms with E-state index >= 15 is 0 Å². The minimum atomic E-state index is -1.04. The molecule has 0 saturated heterocycles. The lowest BCUT2D eigenvalue weighted by Gasteiger charge is -2.09. The normalized spacial score (nSPS) is 9.96. The summed E-state index contributed by atoms with van der Waals surface area (Å²) in [5.41, 5.74) is 1.48. The maximum Gasteiger partial charge on any atom is 0.335 e. The second kappa shape index (κ2) is 7.84. The zero-order valence-electron chi connectivity index (χ0n) is 12.7. The van der Waals surface area contributed by atoms with Crippen LogP contribution >= 0.6 is 0 Å². The fourth-order valence-corrected chi connectivity index (χ4v) is 1.96. The standard InChI is InChI=1S/C17H18N2O4/c1-2-23-15-8-6-12(7-9-15)11-18-17(22)19-14-5-3-4-13(10-14)16(20)21/h3-10H,2,11H2,1H3,(H,20,21)(H2,18,19,22). The number of rotatable bonds is 6. The van der Waals surface area contributed by atoms with Gasteiger partial charge >= 0.3 is 12.0 Å². The molecule has 0 atom stereocenters. The molecule has 0 bridgehead atoms. The summed E-state index contributed by atoms with van der Waals surface area (Å²) in [7, 11) is 0. The van der Waals surface area contributed by atoms with Gasteiger partial charge in [0.25, 0.3) is 0 Å². The van der Waals surface area contributed by atoms with Crippen LogP contribution in [0, 0.1) is 0 Å². The number of benzene rings is 2. The Labute approximate surface area is 134 Å². The lowest BCUT2D eigenvalue weighted by molar-refractivity contribution is 0.0697. The Morgan fingerprint density at radius 3 is 2.52 bits per heavy atom. The fraction of sp³-hybridized carbons (Fsp3) is 0.176. The van der Waals surface area contributed by atoms with E-state index in [0.717, 1.165) is 11.3 Å². The number of hydrogen-bond acceptors (Lipinski definition) is 3. The molecule has 0 spiro atoms. The van der Waals surface area contributed by atoms with Gasteiger partial charge in [0, 0.05) is 12.2 Å². The number of carbonyl (C=O) groups excluding carboxylic acids is 1. The van der Waals surface area contributed by atoms with Crippen molar-refractivity contribution < 1.29 is 19.4 Å². The molecule has 3 N–H and O–H groups in total. The van der Waals surface area contributed by atoms with Gasteiger partial charge in [0.15, 0.2) is 0 Å². The van der Waals surface area contributed by atoms with E-state index in [-0.39, 0.29) is 5.56 Å². The number of aromatic carboxylic acids is 1. The number of carbonyl (C=O) groups is 2. The molecule has 23 heavy (non-hydrogen) atoms. The van der Waals surface area contributed by atoms with Crippen LogP contribution in [-0.2, 0) is 6.54 Å². The van der Waals surface area contributed by atoms with Gasteiger partial charge in [-0.05, 0) is 42.8 Å². The van der Waals surface area contributed by atoms with Crippen LogP contribution < -0.4 is 15.4 Å². The number of hydrogen-bond donors (Lipinski definition) is 3. The summed E-state index contributed by atoms with van der Waals surface area (Å²) >= 11 is 0. The average molecular weight is 314 g/mol. The van der Waals surface area contributed by atoms with E-state index in [9.17, 15) is 9.59 Å². The van der Waals surface area contributed by atoms with Crippen LogP contribution in [0.1, 0.15) is 22.8 Å². The highest BCUT2D eigenvalue weighted by molar-refractivity contribution is 5.93. The zero-order valence-corrected chi connectivity index (χ0v) is 12.7. The molecule has 2 amide bonds. The van der Waals surface area contributed by atoms with E-state index in [1.807, 2.05) is 31.2 Å². The first-order valence-electron chi connectivity index (χ1n) is 7.18. The van der Waals surface area contributed by atoms with Crippen molar-refractivity contribution >= 4 is 17.7 Å². The van der Waals surface area contributed by atoms with Crippen molar-refractivity contribution in [2.75, 3.05) is 11.9 Å². The smallest absolute Gasteiger partial charge is 0.335 e. The van der Waals surface area contributed by atoms with E-state index in [0.29, 0.717) is 18.8 Å². The fourth-order valence-electron chi connectivity index (χ4n) is 1.96. The molecular weight excluding hydrogens is 296 g/mol. The predicted octanol–water partition coefficient (Wildman–Crippen LogP) is 3.11. The second-order valence-electron chi connectivity index (χ2n) is 4.77. The molecule has 0 aromatic heterocycles. The van der Waals surface area contributed by atoms with Gasteiger partial charge in [0.05, 0.1) is 12.2 Å². The quantitative estimate of drug-likeness (QED) is 0.764. The number of ether oxygens (including phenoxy) is 1. The molecule has 0 fully saturated rings. The molecule has 0 radical (unpaired) electrons. The van der Waals surface area contributed by atoms with Crippen LogP contribution in [0.3, 0.4) is 0 Å². The van der Waals surface area contributed by atoms with E-state index in [1.165, 1.54) is 12.1 Å². The molecule has 6 nitrogen and oxygen atoms in total. The molecule has 0 heterocycles. The number of nitrogens with one attached hydrogen (secondary N) is 2. The van der Waals surface area contributed by atoms with Gasteiger partial charge in [-0.2, -0.15) is 0 Å². The third kappa shape index (κ3) is 5.03. The van der Waals surface area contributed by atoms with Crippen molar-refractivity contribution in [1.82, 2.24) is 5.32 Å². The number of carboxylic acid groups (broad SMARTS) is 1. The van der Waals surface area contributed by atoms with Crippen molar-refractivity contribution in [1.29, 1.82) is 0 Å². The molecule has 120 valence electrons. The van der Waals surface area contributed by atoms with Crippen LogP contribution in [0.15, 0.2) is 48.5 Å². The predicted molar refractivity (Wildman–Crippen MR) is 86.9 cm³/mol. The molecule has 2 rings (SSSR count). The first-order chi connectivity index (χ1) is 11.1. The third-order valence-electron chi connectivity index (χ3n) is 3.05. The molecule has 6 heteroatoms. The maximum absolute atomic E-state index is 11.8. The number of anilines is 1. The van der Waals surface area contributed by atoms with Gasteiger partial charge in [-0.3, -0.25) is 0 Å². The highest BCUT2D eigenvalue weighted by atomic mass is 16.5. The monoisotopic (exact) mass is 314 g/mol. The SMILES string of the molecule is CCOc1ccc(CNC(=O)Nc2cccc(C(=O)O)c2)cc1. The molecule has 2 aromatic carbocycles. The summed E-state index contributed by atoms with van der Waals surface area (Å²) in [4.78, 5) is 22.7. The van der Waals surface area contributed by atoms with E-state index in [1.54, 1.807) is 12.1 Å². The highest BCUT2D eigenvalue weighted by Gasteiger charge is 2.06. The third-order valence-corrected chi connectivity index (χ3v) is 3.05. The van der Waals surface area contributed by atoms with Crippen LogP contribution in [0.4, 0.5) is 10.5 Å². The van der Waals surface area contributed by atoms with Crippen molar-refractivity contribution in [3.8, 4) is 5.75 Å². The molecule has 0 unspecified atom stereocenters. The Morgan fingerprint density at radius 1 is 1.13 bits per heavy atom. The molecule has 0 aliphatic rings. The average Bonchev–Trinajstić information content (AvgIpc) is 2.55. The summed E-state index contributed by atoms with van der Waals surface area (Å²) in [6.07, 6.45) is 0. The minimum absolute atomic E-state index is 0.120. The van der Waals surface area contributed by atoms with Crippen LogP contribution in [0.5, 0.6) is 5.75 Å². The summed E-state index contributed by atoms with van der Waals surface area (Å²) < 4.78 is 5.35. The Bertz CT molecular complexity index is 683. The van der Waals surface area contributed by atoms with Crippen LogP contribution in [0.25, 0.3) is 0 Å². The Hall–Kier alpha value is -3.02. The van der Waals surface area contributed by atoms with Gasteiger partial charge in [-0.15, -0.1) is 0 Å². The number of amides is 2. The first kappa shape index (κ1) is 16.4. The molecular formula is C17H18N2O4. The van der Waals surface area contributed by atoms with E-state index in [2.05, 4.69) is 10.6 Å². The Balaban J connectivity index is 1.87. The molecule has 0 aliphatic heterocycles. The highest BCUT2D eigenvalue weighted by Crippen LogP contribution is 2.12. The van der Waals surface area contributed by atoms with Gasteiger partial charge in [0.1, 0.15) is 5.75 Å². The number of urea groups is 1. The molecule has 0 aliphatic carbocycles. The Kier molecular flexibility index (Phi) is 5.57. The summed E-state index contributed by atoms with van der Waals surface area (Å²) in [6.45, 7) is 2.88. The molecule has 2 aromatic rings. The second-order valence-corrected chi connectivity index (χ2v) is 4.77. The first-order valence-corrected chi connectivity index (χ1v) is 7.18. The van der Waals surface area contributed by atoms with Crippen LogP contribution in [-0.4, -0.2) is 23.7 Å². The largest absolute Gasteiger partial charge is 0.494 e. The van der Waals surface area contributed by atoms with Crippen molar-refractivity contribution in [2.24, 2.45) is 0 Å². The van der Waals surface area contributed by atoms with Crippen molar-refractivity contribution in [3.63, 3.8) is 0 Å². The van der Waals surface area contributed by atoms with Gasteiger partial charge in [-0.25, -0.2) is 9.59 Å². The van der Waals surface area contributed by atoms with Crippen LogP contribution in [0.2, 0.25) is 0 Å². The van der Waals surface area contributed by atoms with E-state index < -0.39 is 12.0 Å². The summed E-state index contributed by atoms with van der Waals surface area (Å²) in [5.74, 6) is -0.255. The Morgan fingerprint density at radius 2 is 1.87 bits per heavy atom. The van der Waals surface area contributed by atoms with Crippen molar-refractivity contribution in [2.45, 2.75) is 13.5 Å². The molecule has 0 saturated carbocycles. The van der Waals surface area contributed by atoms with E-state index in [4.69, 9.17) is 9.84 Å². The topological polar surface area (TPSA) is 87.7 Å².